The molecule has 0 aliphatic heterocycles. The van der Waals surface area contributed by atoms with Crippen molar-refractivity contribution in [2.75, 3.05) is 11.1 Å². The average molecular weight is 441 g/mol. The highest BCUT2D eigenvalue weighted by Crippen LogP contribution is 2.17. The van der Waals surface area contributed by atoms with Gasteiger partial charge in [-0.05, 0) is 36.8 Å². The molecule has 0 fully saturated rings. The molecule has 0 aliphatic rings. The minimum atomic E-state index is -0.312. The molecule has 2 N–H and O–H groups in total. The molecule has 0 aliphatic carbocycles. The van der Waals surface area contributed by atoms with Crippen LogP contribution in [0, 0.1) is 6.92 Å². The largest absolute Gasteiger partial charge is 0.325 e. The van der Waals surface area contributed by atoms with Gasteiger partial charge in [-0.15, -0.1) is 10.2 Å². The second kappa shape index (κ2) is 8.68. The summed E-state index contributed by atoms with van der Waals surface area (Å²) in [4.78, 5) is 27.2. The second-order valence-corrected chi connectivity index (χ2v) is 8.00. The number of aromatic amines is 1. The number of aryl methyl sites for hydroxylation is 1. The average Bonchev–Trinajstić information content (AvgIpc) is 3.11. The van der Waals surface area contributed by atoms with E-state index in [-0.39, 0.29) is 23.0 Å². The van der Waals surface area contributed by atoms with Gasteiger partial charge in [-0.25, -0.2) is 0 Å². The lowest BCUT2D eigenvalue weighted by atomic mass is 10.1. The number of carbonyl (C=O) groups is 1. The Morgan fingerprint density at radius 2 is 1.87 bits per heavy atom. The van der Waals surface area contributed by atoms with Gasteiger partial charge in [-0.3, -0.25) is 14.6 Å². The van der Waals surface area contributed by atoms with Gasteiger partial charge in [-0.2, -0.15) is 9.61 Å². The molecule has 1 amide bonds. The number of carbonyl (C=O) groups excluding carboxylic acids is 1. The van der Waals surface area contributed by atoms with Crippen LogP contribution in [0.1, 0.15) is 16.8 Å². The number of thioether (sulfide) groups is 1. The predicted molar refractivity (Wildman–Crippen MR) is 116 cm³/mol. The highest BCUT2D eigenvalue weighted by atomic mass is 35.5. The number of H-pyrrole nitrogens is 1. The third-order valence-electron chi connectivity index (χ3n) is 4.27. The van der Waals surface area contributed by atoms with Crippen LogP contribution in [0.4, 0.5) is 5.69 Å². The number of aromatic nitrogens is 5. The number of nitrogens with one attached hydrogen (secondary N) is 2. The summed E-state index contributed by atoms with van der Waals surface area (Å²) in [5.74, 6) is 0.133. The first-order valence-corrected chi connectivity index (χ1v) is 10.4. The number of fused-ring (bicyclic) bond motifs is 1. The van der Waals surface area contributed by atoms with Crippen LogP contribution in [0.15, 0.2) is 58.5 Å². The van der Waals surface area contributed by atoms with Crippen molar-refractivity contribution < 1.29 is 4.79 Å². The van der Waals surface area contributed by atoms with Gasteiger partial charge in [0.2, 0.25) is 11.1 Å². The van der Waals surface area contributed by atoms with Crippen LogP contribution < -0.4 is 10.9 Å². The smallest absolute Gasteiger partial charge is 0.274 e. The lowest BCUT2D eigenvalue weighted by Crippen LogP contribution is -2.19. The van der Waals surface area contributed by atoms with Crippen LogP contribution in [-0.2, 0) is 11.2 Å². The molecule has 0 bridgehead atoms. The van der Waals surface area contributed by atoms with Crippen LogP contribution in [0.25, 0.3) is 5.78 Å². The first-order chi connectivity index (χ1) is 14.5. The lowest BCUT2D eigenvalue weighted by Gasteiger charge is -2.05. The number of amides is 1. The van der Waals surface area contributed by atoms with Gasteiger partial charge < -0.3 is 5.32 Å². The molecule has 0 saturated heterocycles. The third kappa shape index (κ3) is 4.69. The van der Waals surface area contributed by atoms with Crippen LogP contribution in [-0.4, -0.2) is 36.5 Å². The minimum absolute atomic E-state index is 0.109. The molecule has 4 rings (SSSR count). The van der Waals surface area contributed by atoms with Gasteiger partial charge >= 0.3 is 0 Å². The fraction of sp³-hybridized carbons (Fsp3) is 0.150. The normalized spacial score (nSPS) is 11.0. The van der Waals surface area contributed by atoms with E-state index in [1.807, 2.05) is 31.2 Å². The zero-order valence-corrected chi connectivity index (χ0v) is 17.5. The Bertz CT molecular complexity index is 1250. The molecule has 0 saturated carbocycles. The van der Waals surface area contributed by atoms with Crippen molar-refractivity contribution in [3.63, 3.8) is 0 Å². The van der Waals surface area contributed by atoms with Crippen molar-refractivity contribution >= 4 is 40.7 Å². The van der Waals surface area contributed by atoms with Crippen molar-refractivity contribution in [3.8, 4) is 0 Å². The summed E-state index contributed by atoms with van der Waals surface area (Å²) in [6.07, 6.45) is 0.380. The van der Waals surface area contributed by atoms with Crippen LogP contribution in [0.2, 0.25) is 5.02 Å². The predicted octanol–water partition coefficient (Wildman–Crippen LogP) is 3.10. The molecule has 2 aromatic carbocycles. The fourth-order valence-corrected chi connectivity index (χ4v) is 3.55. The van der Waals surface area contributed by atoms with Gasteiger partial charge in [0, 0.05) is 17.1 Å². The molecule has 10 heteroatoms. The molecule has 152 valence electrons. The van der Waals surface area contributed by atoms with Crippen molar-refractivity contribution in [2.45, 2.75) is 18.5 Å². The zero-order valence-electron chi connectivity index (χ0n) is 15.9. The molecule has 30 heavy (non-hydrogen) atoms. The molecule has 0 spiro atoms. The topological polar surface area (TPSA) is 105 Å². The van der Waals surface area contributed by atoms with Gasteiger partial charge in [0.1, 0.15) is 5.69 Å². The van der Waals surface area contributed by atoms with E-state index in [0.717, 1.165) is 11.1 Å². The summed E-state index contributed by atoms with van der Waals surface area (Å²) in [6.45, 7) is 2.00. The van der Waals surface area contributed by atoms with Gasteiger partial charge in [-0.1, -0.05) is 53.2 Å². The summed E-state index contributed by atoms with van der Waals surface area (Å²) >= 11 is 7.02. The number of anilines is 1. The maximum atomic E-state index is 12.3. The Labute approximate surface area is 180 Å². The van der Waals surface area contributed by atoms with E-state index < -0.39 is 0 Å². The Morgan fingerprint density at radius 3 is 2.60 bits per heavy atom. The molecule has 0 unspecified atom stereocenters. The molecule has 0 radical (unpaired) electrons. The molecular weight excluding hydrogens is 424 g/mol. The van der Waals surface area contributed by atoms with E-state index in [0.29, 0.717) is 28.0 Å². The van der Waals surface area contributed by atoms with E-state index in [1.165, 1.54) is 16.3 Å². The Hall–Kier alpha value is -3.17. The van der Waals surface area contributed by atoms with E-state index in [9.17, 15) is 9.59 Å². The molecule has 4 aromatic rings. The Balaban J connectivity index is 1.48. The van der Waals surface area contributed by atoms with E-state index in [4.69, 9.17) is 11.6 Å². The van der Waals surface area contributed by atoms with Gasteiger partial charge in [0.15, 0.2) is 0 Å². The number of hydrogen-bond donors (Lipinski definition) is 2. The third-order valence-corrected chi connectivity index (χ3v) is 5.44. The SMILES string of the molecule is Cc1ccc(Cc2nn3c(SCC(=O)Nc4ccc(Cl)cc4)nnc3[nH]c2=O)cc1. The standard InChI is InChI=1S/C20H17ClN6O2S/c1-12-2-4-13(5-3-12)10-16-18(29)23-19-24-25-20(27(19)26-16)30-11-17(28)22-15-8-6-14(21)7-9-15/h2-9H,10-11H2,1H3,(H,22,28)(H,23,24,29). The number of halogens is 1. The number of rotatable bonds is 6. The molecule has 2 heterocycles. The van der Waals surface area contributed by atoms with Crippen molar-refractivity contribution in [3.05, 3.63) is 80.7 Å². The van der Waals surface area contributed by atoms with E-state index in [2.05, 4.69) is 25.6 Å². The van der Waals surface area contributed by atoms with Gasteiger partial charge in [0.05, 0.1) is 5.75 Å². The first-order valence-electron chi connectivity index (χ1n) is 9.06. The highest BCUT2D eigenvalue weighted by molar-refractivity contribution is 7.99. The summed E-state index contributed by atoms with van der Waals surface area (Å²) < 4.78 is 1.45. The van der Waals surface area contributed by atoms with Crippen molar-refractivity contribution in [1.82, 2.24) is 24.8 Å². The Morgan fingerprint density at radius 1 is 1.13 bits per heavy atom. The number of benzene rings is 2. The number of nitrogens with zero attached hydrogens (tertiary/aromatic N) is 4. The monoisotopic (exact) mass is 440 g/mol. The molecular formula is C20H17ClN6O2S. The lowest BCUT2D eigenvalue weighted by molar-refractivity contribution is -0.113. The summed E-state index contributed by atoms with van der Waals surface area (Å²) in [7, 11) is 0. The van der Waals surface area contributed by atoms with Crippen molar-refractivity contribution in [2.24, 2.45) is 0 Å². The maximum absolute atomic E-state index is 12.3. The second-order valence-electron chi connectivity index (χ2n) is 6.62. The fourth-order valence-electron chi connectivity index (χ4n) is 2.74. The van der Waals surface area contributed by atoms with E-state index >= 15 is 0 Å². The van der Waals surface area contributed by atoms with Gasteiger partial charge in [0.25, 0.3) is 11.3 Å². The van der Waals surface area contributed by atoms with Crippen LogP contribution in [0.3, 0.4) is 0 Å². The number of hydrogen-bond acceptors (Lipinski definition) is 6. The van der Waals surface area contributed by atoms with Crippen LogP contribution in [0.5, 0.6) is 0 Å². The quantitative estimate of drug-likeness (QED) is 0.446. The molecule has 2 aromatic heterocycles. The molecule has 8 nitrogen and oxygen atoms in total. The minimum Gasteiger partial charge on any atom is -0.325 e. The van der Waals surface area contributed by atoms with Crippen LogP contribution >= 0.6 is 23.4 Å². The first kappa shape index (κ1) is 20.1. The molecule has 0 atom stereocenters. The summed E-state index contributed by atoms with van der Waals surface area (Å²) in [5.41, 5.74) is 2.80. The zero-order chi connectivity index (χ0) is 21.1. The Kier molecular flexibility index (Phi) is 5.82. The van der Waals surface area contributed by atoms with Crippen molar-refractivity contribution in [1.29, 1.82) is 0 Å². The highest BCUT2D eigenvalue weighted by Gasteiger charge is 2.14. The van der Waals surface area contributed by atoms with E-state index in [1.54, 1.807) is 24.3 Å². The summed E-state index contributed by atoms with van der Waals surface area (Å²) in [6, 6.07) is 14.7. The maximum Gasteiger partial charge on any atom is 0.274 e. The summed E-state index contributed by atoms with van der Waals surface area (Å²) in [5, 5.41) is 16.2.